The van der Waals surface area contributed by atoms with E-state index in [1.54, 1.807) is 18.7 Å². The molecule has 1 aliphatic rings. The number of para-hydroxylation sites is 1. The predicted octanol–water partition coefficient (Wildman–Crippen LogP) is 3.16. The lowest BCUT2D eigenvalue weighted by Crippen LogP contribution is -2.28. The lowest BCUT2D eigenvalue weighted by molar-refractivity contribution is 0.0783. The summed E-state index contributed by atoms with van der Waals surface area (Å²) in [6.45, 7) is 6.35. The topological polar surface area (TPSA) is 49.6 Å². The second-order valence-corrected chi connectivity index (χ2v) is 6.18. The summed E-state index contributed by atoms with van der Waals surface area (Å²) in [5, 5.41) is 3.88. The van der Waals surface area contributed by atoms with Crippen molar-refractivity contribution in [2.75, 3.05) is 25.0 Å². The van der Waals surface area contributed by atoms with Gasteiger partial charge in [-0.15, -0.1) is 0 Å². The van der Waals surface area contributed by atoms with Gasteiger partial charge in [0.05, 0.1) is 5.69 Å². The number of anilines is 1. The van der Waals surface area contributed by atoms with Gasteiger partial charge in [0.2, 0.25) is 0 Å². The second-order valence-electron chi connectivity index (χ2n) is 6.18. The molecule has 0 saturated carbocycles. The maximum atomic E-state index is 12.7. The van der Waals surface area contributed by atoms with Gasteiger partial charge in [0.1, 0.15) is 11.3 Å². The van der Waals surface area contributed by atoms with Crippen LogP contribution in [0.4, 0.5) is 5.69 Å². The van der Waals surface area contributed by atoms with Crippen molar-refractivity contribution in [2.24, 2.45) is 0 Å². The first-order valence-electron chi connectivity index (χ1n) is 8.09. The van der Waals surface area contributed by atoms with E-state index in [1.165, 1.54) is 24.1 Å². The Labute approximate surface area is 136 Å². The van der Waals surface area contributed by atoms with Crippen LogP contribution in [0.3, 0.4) is 0 Å². The fraction of sp³-hybridized carbons (Fsp3) is 0.444. The van der Waals surface area contributed by atoms with E-state index in [2.05, 4.69) is 28.3 Å². The minimum absolute atomic E-state index is 0.0440. The van der Waals surface area contributed by atoms with Crippen molar-refractivity contribution in [1.29, 1.82) is 0 Å². The number of aromatic nitrogens is 1. The van der Waals surface area contributed by atoms with Gasteiger partial charge in [0.25, 0.3) is 5.91 Å². The van der Waals surface area contributed by atoms with Crippen LogP contribution in [-0.4, -0.2) is 36.1 Å². The van der Waals surface area contributed by atoms with Gasteiger partial charge in [-0.1, -0.05) is 23.4 Å². The molecule has 1 aromatic heterocycles. The highest BCUT2D eigenvalue weighted by Gasteiger charge is 2.22. The van der Waals surface area contributed by atoms with Crippen LogP contribution in [-0.2, 0) is 6.54 Å². The molecule has 5 nitrogen and oxygen atoms in total. The minimum Gasteiger partial charge on any atom is -0.371 e. The highest BCUT2D eigenvalue weighted by Crippen LogP contribution is 2.26. The number of amides is 1. The molecule has 23 heavy (non-hydrogen) atoms. The Morgan fingerprint density at radius 2 is 1.96 bits per heavy atom. The molecule has 0 spiro atoms. The Morgan fingerprint density at radius 1 is 1.26 bits per heavy atom. The average Bonchev–Trinajstić information content (AvgIpc) is 3.17. The molecule has 3 rings (SSSR count). The predicted molar refractivity (Wildman–Crippen MR) is 89.7 cm³/mol. The summed E-state index contributed by atoms with van der Waals surface area (Å²) in [5.74, 6) is 0.532. The zero-order chi connectivity index (χ0) is 16.4. The van der Waals surface area contributed by atoms with E-state index in [0.717, 1.165) is 13.1 Å². The quantitative estimate of drug-likeness (QED) is 0.870. The van der Waals surface area contributed by atoms with E-state index in [0.29, 0.717) is 23.6 Å². The van der Waals surface area contributed by atoms with Crippen molar-refractivity contribution in [3.8, 4) is 0 Å². The van der Waals surface area contributed by atoms with Gasteiger partial charge in [-0.3, -0.25) is 4.79 Å². The molecule has 1 fully saturated rings. The molecule has 0 atom stereocenters. The van der Waals surface area contributed by atoms with Crippen LogP contribution in [0, 0.1) is 13.8 Å². The van der Waals surface area contributed by atoms with E-state index in [-0.39, 0.29) is 5.91 Å². The fourth-order valence-electron chi connectivity index (χ4n) is 3.22. The number of aryl methyl sites for hydroxylation is 2. The molecule has 2 aromatic rings. The van der Waals surface area contributed by atoms with Crippen molar-refractivity contribution < 1.29 is 9.32 Å². The van der Waals surface area contributed by atoms with E-state index >= 15 is 0 Å². The van der Waals surface area contributed by atoms with Gasteiger partial charge in [-0.2, -0.15) is 0 Å². The lowest BCUT2D eigenvalue weighted by Gasteiger charge is -2.24. The Hall–Kier alpha value is -2.30. The van der Waals surface area contributed by atoms with Crippen molar-refractivity contribution in [3.05, 3.63) is 46.8 Å². The zero-order valence-electron chi connectivity index (χ0n) is 14.0. The Morgan fingerprint density at radius 3 is 2.61 bits per heavy atom. The standard InChI is InChI=1S/C18H23N3O2/c1-13-17(14(2)23-19-13)18(22)20(3)12-15-8-4-5-9-16(15)21-10-6-7-11-21/h4-5,8-9H,6-7,10-12H2,1-3H3. The third kappa shape index (κ3) is 3.09. The third-order valence-electron chi connectivity index (χ3n) is 4.44. The maximum absolute atomic E-state index is 12.7. The highest BCUT2D eigenvalue weighted by atomic mass is 16.5. The smallest absolute Gasteiger partial charge is 0.259 e. The van der Waals surface area contributed by atoms with Crippen LogP contribution in [0.15, 0.2) is 28.8 Å². The van der Waals surface area contributed by atoms with Gasteiger partial charge >= 0.3 is 0 Å². The molecular weight excluding hydrogens is 290 g/mol. The van der Waals surface area contributed by atoms with Crippen molar-refractivity contribution in [1.82, 2.24) is 10.1 Å². The van der Waals surface area contributed by atoms with Crippen molar-refractivity contribution >= 4 is 11.6 Å². The average molecular weight is 313 g/mol. The number of hydrogen-bond donors (Lipinski definition) is 0. The number of nitrogens with zero attached hydrogens (tertiary/aromatic N) is 3. The van der Waals surface area contributed by atoms with Crippen molar-refractivity contribution in [3.63, 3.8) is 0 Å². The van der Waals surface area contributed by atoms with Gasteiger partial charge < -0.3 is 14.3 Å². The molecule has 2 heterocycles. The van der Waals surface area contributed by atoms with E-state index in [4.69, 9.17) is 4.52 Å². The molecule has 1 saturated heterocycles. The maximum Gasteiger partial charge on any atom is 0.259 e. The largest absolute Gasteiger partial charge is 0.371 e. The normalized spacial score (nSPS) is 14.3. The fourth-order valence-corrected chi connectivity index (χ4v) is 3.22. The van der Waals surface area contributed by atoms with Crippen molar-refractivity contribution in [2.45, 2.75) is 33.2 Å². The van der Waals surface area contributed by atoms with E-state index in [9.17, 15) is 4.79 Å². The Bertz CT molecular complexity index is 683. The summed E-state index contributed by atoms with van der Waals surface area (Å²) in [6.07, 6.45) is 2.48. The number of hydrogen-bond acceptors (Lipinski definition) is 4. The number of carbonyl (C=O) groups excluding carboxylic acids is 1. The van der Waals surface area contributed by atoms with E-state index in [1.807, 2.05) is 13.1 Å². The first-order valence-corrected chi connectivity index (χ1v) is 8.09. The van der Waals surface area contributed by atoms with Gasteiger partial charge in [-0.05, 0) is 38.3 Å². The summed E-state index contributed by atoms with van der Waals surface area (Å²) in [6, 6.07) is 8.34. The molecular formula is C18H23N3O2. The number of carbonyl (C=O) groups is 1. The van der Waals surface area contributed by atoms with Crippen LogP contribution in [0.2, 0.25) is 0 Å². The monoisotopic (exact) mass is 313 g/mol. The van der Waals surface area contributed by atoms with Crippen LogP contribution in [0.1, 0.15) is 40.2 Å². The van der Waals surface area contributed by atoms with Gasteiger partial charge in [0, 0.05) is 32.4 Å². The summed E-state index contributed by atoms with van der Waals surface area (Å²) >= 11 is 0. The summed E-state index contributed by atoms with van der Waals surface area (Å²) in [5.41, 5.74) is 3.64. The van der Waals surface area contributed by atoms with E-state index < -0.39 is 0 Å². The molecule has 122 valence electrons. The van der Waals surface area contributed by atoms with Crippen LogP contribution in [0.25, 0.3) is 0 Å². The van der Waals surface area contributed by atoms with Gasteiger partial charge in [-0.25, -0.2) is 0 Å². The third-order valence-corrected chi connectivity index (χ3v) is 4.44. The minimum atomic E-state index is -0.0440. The first-order chi connectivity index (χ1) is 11.1. The Balaban J connectivity index is 1.80. The second kappa shape index (κ2) is 6.44. The molecule has 0 N–H and O–H groups in total. The highest BCUT2D eigenvalue weighted by molar-refractivity contribution is 5.96. The molecule has 1 amide bonds. The molecule has 1 aliphatic heterocycles. The molecule has 1 aromatic carbocycles. The summed E-state index contributed by atoms with van der Waals surface area (Å²) < 4.78 is 5.12. The molecule has 5 heteroatoms. The van der Waals surface area contributed by atoms with Gasteiger partial charge in [0.15, 0.2) is 0 Å². The lowest BCUT2D eigenvalue weighted by atomic mass is 10.1. The van der Waals surface area contributed by atoms with Crippen LogP contribution in [0.5, 0.6) is 0 Å². The molecule has 0 bridgehead atoms. The zero-order valence-corrected chi connectivity index (χ0v) is 14.0. The number of benzene rings is 1. The molecule has 0 aliphatic carbocycles. The van der Waals surface area contributed by atoms with Crippen LogP contribution < -0.4 is 4.90 Å². The molecule has 0 unspecified atom stereocenters. The summed E-state index contributed by atoms with van der Waals surface area (Å²) in [7, 11) is 1.83. The Kier molecular flexibility index (Phi) is 4.37. The molecule has 0 radical (unpaired) electrons. The number of rotatable bonds is 4. The first kappa shape index (κ1) is 15.6. The van der Waals surface area contributed by atoms with Crippen LogP contribution >= 0.6 is 0 Å². The SMILES string of the molecule is Cc1noc(C)c1C(=O)N(C)Cc1ccccc1N1CCCC1. The summed E-state index contributed by atoms with van der Waals surface area (Å²) in [4.78, 5) is 16.8.